The smallest absolute Gasteiger partial charge is 0.293 e. The summed E-state index contributed by atoms with van der Waals surface area (Å²) in [4.78, 5) is 26.4. The van der Waals surface area contributed by atoms with Crippen LogP contribution in [0.25, 0.3) is 6.08 Å². The number of nitrogens with zero attached hydrogens (tertiary/aromatic N) is 1. The van der Waals surface area contributed by atoms with Gasteiger partial charge in [-0.2, -0.15) is 0 Å². The van der Waals surface area contributed by atoms with Crippen LogP contribution in [0.5, 0.6) is 11.5 Å². The molecule has 0 aromatic heterocycles. The predicted molar refractivity (Wildman–Crippen MR) is 90.5 cm³/mol. The van der Waals surface area contributed by atoms with Gasteiger partial charge in [-0.3, -0.25) is 14.5 Å². The molecule has 2 aromatic rings. The topological polar surface area (TPSA) is 55.8 Å². The van der Waals surface area contributed by atoms with Crippen LogP contribution in [0.4, 0.5) is 4.79 Å². The summed E-state index contributed by atoms with van der Waals surface area (Å²) in [6.07, 6.45) is 1.71. The third-order valence-corrected chi connectivity index (χ3v) is 4.66. The van der Waals surface area contributed by atoms with Gasteiger partial charge in [0.05, 0.1) is 11.4 Å². The summed E-state index contributed by atoms with van der Waals surface area (Å²) in [6.45, 7) is 0.483. The Morgan fingerprint density at radius 1 is 1.04 bits per heavy atom. The van der Waals surface area contributed by atoms with Gasteiger partial charge in [-0.1, -0.05) is 36.4 Å². The van der Waals surface area contributed by atoms with Crippen molar-refractivity contribution in [3.63, 3.8) is 0 Å². The highest BCUT2D eigenvalue weighted by molar-refractivity contribution is 8.18. The number of carbonyl (C=O) groups is 2. The van der Waals surface area contributed by atoms with Gasteiger partial charge in [0.25, 0.3) is 11.1 Å². The first-order chi connectivity index (χ1) is 11.7. The van der Waals surface area contributed by atoms with Gasteiger partial charge >= 0.3 is 0 Å². The highest BCUT2D eigenvalue weighted by Crippen LogP contribution is 2.36. The molecule has 0 unspecified atom stereocenters. The molecular formula is C18H13NO4S. The number of carbonyl (C=O) groups excluding carboxylic acids is 2. The second-order valence-electron chi connectivity index (χ2n) is 5.37. The first-order valence-corrected chi connectivity index (χ1v) is 8.21. The fourth-order valence-corrected chi connectivity index (χ4v) is 3.39. The molecule has 2 aliphatic rings. The van der Waals surface area contributed by atoms with E-state index in [1.165, 1.54) is 4.90 Å². The Balaban J connectivity index is 1.56. The van der Waals surface area contributed by atoms with Gasteiger partial charge in [-0.25, -0.2) is 0 Å². The number of amides is 2. The molecule has 0 radical (unpaired) electrons. The normalized spacial score (nSPS) is 17.8. The van der Waals surface area contributed by atoms with Crippen molar-refractivity contribution in [1.82, 2.24) is 4.90 Å². The molecule has 0 N–H and O–H groups in total. The zero-order valence-electron chi connectivity index (χ0n) is 12.6. The van der Waals surface area contributed by atoms with E-state index in [4.69, 9.17) is 9.47 Å². The van der Waals surface area contributed by atoms with Crippen LogP contribution in [-0.4, -0.2) is 22.8 Å². The summed E-state index contributed by atoms with van der Waals surface area (Å²) in [5.41, 5.74) is 1.72. The zero-order chi connectivity index (χ0) is 16.5. The predicted octanol–water partition coefficient (Wildman–Crippen LogP) is 3.65. The summed E-state index contributed by atoms with van der Waals surface area (Å²) in [7, 11) is 0. The van der Waals surface area contributed by atoms with Gasteiger partial charge in [0.1, 0.15) is 0 Å². The number of thioether (sulfide) groups is 1. The Labute approximate surface area is 142 Å². The summed E-state index contributed by atoms with van der Waals surface area (Å²) in [6, 6.07) is 14.9. The Morgan fingerprint density at radius 2 is 1.83 bits per heavy atom. The molecule has 1 fully saturated rings. The quantitative estimate of drug-likeness (QED) is 0.799. The van der Waals surface area contributed by atoms with Crippen molar-refractivity contribution in [2.24, 2.45) is 0 Å². The molecule has 6 heteroatoms. The Morgan fingerprint density at radius 3 is 2.67 bits per heavy atom. The average Bonchev–Trinajstić information content (AvgIpc) is 3.16. The minimum Gasteiger partial charge on any atom is -0.454 e. The van der Waals surface area contributed by atoms with E-state index >= 15 is 0 Å². The molecule has 4 rings (SSSR count). The van der Waals surface area contributed by atoms with E-state index in [0.717, 1.165) is 22.9 Å². The van der Waals surface area contributed by atoms with E-state index in [9.17, 15) is 9.59 Å². The SMILES string of the molecule is O=C1S/C(=C\c2ccc3c(c2)OCO3)C(=O)N1Cc1ccccc1. The first kappa shape index (κ1) is 14.8. The molecule has 120 valence electrons. The molecule has 2 heterocycles. The van der Waals surface area contributed by atoms with Gasteiger partial charge in [0.15, 0.2) is 11.5 Å². The van der Waals surface area contributed by atoms with E-state index in [2.05, 4.69) is 0 Å². The molecule has 5 nitrogen and oxygen atoms in total. The van der Waals surface area contributed by atoms with Crippen molar-refractivity contribution in [2.45, 2.75) is 6.54 Å². The van der Waals surface area contributed by atoms with Crippen LogP contribution in [0.3, 0.4) is 0 Å². The molecule has 24 heavy (non-hydrogen) atoms. The molecule has 2 aromatic carbocycles. The standard InChI is InChI=1S/C18H13NO4S/c20-17-16(9-13-6-7-14-15(8-13)23-11-22-14)24-18(21)19(17)10-12-4-2-1-3-5-12/h1-9H,10-11H2/b16-9-. The van der Waals surface area contributed by atoms with Crippen LogP contribution in [0.1, 0.15) is 11.1 Å². The highest BCUT2D eigenvalue weighted by atomic mass is 32.2. The molecule has 1 saturated heterocycles. The molecule has 2 aliphatic heterocycles. The maximum absolute atomic E-state index is 12.5. The number of ether oxygens (including phenoxy) is 2. The lowest BCUT2D eigenvalue weighted by Crippen LogP contribution is -2.27. The van der Waals surface area contributed by atoms with Crippen LogP contribution < -0.4 is 9.47 Å². The van der Waals surface area contributed by atoms with E-state index in [-0.39, 0.29) is 24.5 Å². The fourth-order valence-electron chi connectivity index (χ4n) is 2.56. The first-order valence-electron chi connectivity index (χ1n) is 7.40. The summed E-state index contributed by atoms with van der Waals surface area (Å²) in [5.74, 6) is 1.06. The minimum absolute atomic E-state index is 0.201. The second-order valence-corrected chi connectivity index (χ2v) is 6.36. The van der Waals surface area contributed by atoms with Crippen molar-refractivity contribution < 1.29 is 19.1 Å². The summed E-state index contributed by atoms with van der Waals surface area (Å²) < 4.78 is 10.6. The highest BCUT2D eigenvalue weighted by Gasteiger charge is 2.35. The number of fused-ring (bicyclic) bond motifs is 1. The van der Waals surface area contributed by atoms with Gasteiger partial charge in [0.2, 0.25) is 6.79 Å². The Bertz CT molecular complexity index is 847. The number of benzene rings is 2. The molecule has 0 spiro atoms. The molecule has 0 bridgehead atoms. The van der Waals surface area contributed by atoms with Gasteiger partial charge in [-0.05, 0) is 41.1 Å². The van der Waals surface area contributed by atoms with E-state index < -0.39 is 0 Å². The zero-order valence-corrected chi connectivity index (χ0v) is 13.4. The number of hydrogen-bond acceptors (Lipinski definition) is 5. The average molecular weight is 339 g/mol. The van der Waals surface area contributed by atoms with Crippen LogP contribution in [-0.2, 0) is 11.3 Å². The maximum atomic E-state index is 12.5. The molecule has 0 atom stereocenters. The minimum atomic E-state index is -0.272. The van der Waals surface area contributed by atoms with Crippen molar-refractivity contribution in [2.75, 3.05) is 6.79 Å². The van der Waals surface area contributed by atoms with E-state index in [0.29, 0.717) is 16.4 Å². The van der Waals surface area contributed by atoms with Gasteiger partial charge < -0.3 is 9.47 Å². The fraction of sp³-hybridized carbons (Fsp3) is 0.111. The molecule has 0 saturated carbocycles. The summed E-state index contributed by atoms with van der Waals surface area (Å²) >= 11 is 0.956. The maximum Gasteiger partial charge on any atom is 0.293 e. The molecular weight excluding hydrogens is 326 g/mol. The summed E-state index contributed by atoms with van der Waals surface area (Å²) in [5, 5.41) is -0.254. The van der Waals surface area contributed by atoms with Crippen LogP contribution >= 0.6 is 11.8 Å². The van der Waals surface area contributed by atoms with E-state index in [1.54, 1.807) is 18.2 Å². The Hall–Kier alpha value is -2.73. The van der Waals surface area contributed by atoms with Crippen molar-refractivity contribution in [3.05, 3.63) is 64.6 Å². The van der Waals surface area contributed by atoms with Gasteiger partial charge in [-0.15, -0.1) is 0 Å². The number of imide groups is 1. The largest absolute Gasteiger partial charge is 0.454 e. The number of hydrogen-bond donors (Lipinski definition) is 0. The van der Waals surface area contributed by atoms with E-state index in [1.807, 2.05) is 36.4 Å². The molecule has 0 aliphatic carbocycles. The third kappa shape index (κ3) is 2.76. The van der Waals surface area contributed by atoms with Crippen molar-refractivity contribution in [3.8, 4) is 11.5 Å². The third-order valence-electron chi connectivity index (χ3n) is 3.75. The van der Waals surface area contributed by atoms with Gasteiger partial charge in [0, 0.05) is 0 Å². The lowest BCUT2D eigenvalue weighted by Gasteiger charge is -2.12. The van der Waals surface area contributed by atoms with Crippen molar-refractivity contribution in [1.29, 1.82) is 0 Å². The van der Waals surface area contributed by atoms with Crippen LogP contribution in [0.15, 0.2) is 53.4 Å². The van der Waals surface area contributed by atoms with Crippen molar-refractivity contribution >= 4 is 29.0 Å². The lowest BCUT2D eigenvalue weighted by molar-refractivity contribution is -0.123. The van der Waals surface area contributed by atoms with Crippen LogP contribution in [0, 0.1) is 0 Å². The monoisotopic (exact) mass is 339 g/mol. The van der Waals surface area contributed by atoms with Crippen LogP contribution in [0.2, 0.25) is 0 Å². The lowest BCUT2D eigenvalue weighted by atomic mass is 10.2. The Kier molecular flexibility index (Phi) is 3.74. The number of rotatable bonds is 3. The second kappa shape index (κ2) is 6.05. The molecule has 2 amide bonds.